The first-order valence-electron chi connectivity index (χ1n) is 6.11. The molecule has 2 unspecified atom stereocenters. The smallest absolute Gasteiger partial charge is 0.222 e. The van der Waals surface area contributed by atoms with E-state index in [1.165, 1.54) is 6.33 Å². The predicted octanol–water partition coefficient (Wildman–Crippen LogP) is -0.0751. The number of rotatable bonds is 4. The van der Waals surface area contributed by atoms with E-state index in [2.05, 4.69) is 27.6 Å². The molecule has 94 valence electrons. The normalized spacial score (nSPS) is 24.5. The Kier molecular flexibility index (Phi) is 4.08. The number of amides is 1. The third kappa shape index (κ3) is 3.52. The van der Waals surface area contributed by atoms with E-state index < -0.39 is 0 Å². The second kappa shape index (κ2) is 5.77. The molecule has 0 aliphatic carbocycles. The van der Waals surface area contributed by atoms with E-state index >= 15 is 0 Å². The molecule has 6 nitrogen and oxygen atoms in total. The lowest BCUT2D eigenvalue weighted by Gasteiger charge is -2.30. The minimum atomic E-state index is 0.0843. The molecule has 2 rings (SSSR count). The SMILES string of the molecule is CC1NCCCC1NC(=O)CCn1cncn1. The highest BCUT2D eigenvalue weighted by Crippen LogP contribution is 2.08. The van der Waals surface area contributed by atoms with Crippen molar-refractivity contribution in [2.75, 3.05) is 6.54 Å². The number of aromatic nitrogens is 3. The molecule has 2 atom stereocenters. The van der Waals surface area contributed by atoms with E-state index in [1.807, 2.05) is 0 Å². The number of aryl methyl sites for hydroxylation is 1. The number of carbonyl (C=O) groups excluding carboxylic acids is 1. The summed E-state index contributed by atoms with van der Waals surface area (Å²) in [7, 11) is 0. The van der Waals surface area contributed by atoms with Crippen LogP contribution in [0.25, 0.3) is 0 Å². The zero-order valence-electron chi connectivity index (χ0n) is 10.1. The van der Waals surface area contributed by atoms with Gasteiger partial charge in [0.1, 0.15) is 12.7 Å². The Morgan fingerprint density at radius 2 is 2.53 bits per heavy atom. The van der Waals surface area contributed by atoms with Crippen molar-refractivity contribution in [3.05, 3.63) is 12.7 Å². The fourth-order valence-corrected chi connectivity index (χ4v) is 2.08. The summed E-state index contributed by atoms with van der Waals surface area (Å²) >= 11 is 0. The van der Waals surface area contributed by atoms with Gasteiger partial charge in [-0.3, -0.25) is 9.48 Å². The number of hydrogen-bond acceptors (Lipinski definition) is 4. The highest BCUT2D eigenvalue weighted by Gasteiger charge is 2.21. The van der Waals surface area contributed by atoms with Crippen LogP contribution in [0, 0.1) is 0 Å². The first-order chi connectivity index (χ1) is 8.25. The van der Waals surface area contributed by atoms with Gasteiger partial charge in [-0.15, -0.1) is 0 Å². The Morgan fingerprint density at radius 3 is 3.24 bits per heavy atom. The van der Waals surface area contributed by atoms with Gasteiger partial charge in [-0.2, -0.15) is 5.10 Å². The first kappa shape index (κ1) is 12.0. The van der Waals surface area contributed by atoms with Crippen molar-refractivity contribution in [3.63, 3.8) is 0 Å². The molecule has 2 heterocycles. The summed E-state index contributed by atoms with van der Waals surface area (Å²) in [6.07, 6.45) is 5.73. The quantitative estimate of drug-likeness (QED) is 0.768. The Balaban J connectivity index is 1.73. The summed E-state index contributed by atoms with van der Waals surface area (Å²) in [5.74, 6) is 0.0843. The standard InChI is InChI=1S/C11H19N5O/c1-9-10(3-2-5-13-9)15-11(17)4-6-16-8-12-7-14-16/h7-10,13H,2-6H2,1H3,(H,15,17). The van der Waals surface area contributed by atoms with Crippen LogP contribution in [0.4, 0.5) is 0 Å². The van der Waals surface area contributed by atoms with Crippen LogP contribution >= 0.6 is 0 Å². The van der Waals surface area contributed by atoms with Crippen molar-refractivity contribution in [2.45, 2.75) is 44.8 Å². The fraction of sp³-hybridized carbons (Fsp3) is 0.727. The molecular formula is C11H19N5O. The second-order valence-electron chi connectivity index (χ2n) is 4.47. The molecule has 6 heteroatoms. The van der Waals surface area contributed by atoms with Crippen LogP contribution in [0.15, 0.2) is 12.7 Å². The van der Waals surface area contributed by atoms with Crippen LogP contribution in [-0.4, -0.2) is 39.3 Å². The highest BCUT2D eigenvalue weighted by atomic mass is 16.1. The second-order valence-corrected chi connectivity index (χ2v) is 4.47. The van der Waals surface area contributed by atoms with Gasteiger partial charge in [-0.05, 0) is 26.3 Å². The Bertz CT molecular complexity index is 351. The van der Waals surface area contributed by atoms with Crippen LogP contribution in [0.1, 0.15) is 26.2 Å². The molecule has 0 radical (unpaired) electrons. The molecule has 1 aromatic rings. The minimum Gasteiger partial charge on any atom is -0.352 e. The molecule has 0 aromatic carbocycles. The van der Waals surface area contributed by atoms with Gasteiger partial charge in [-0.25, -0.2) is 4.98 Å². The van der Waals surface area contributed by atoms with Crippen molar-refractivity contribution < 1.29 is 4.79 Å². The number of hydrogen-bond donors (Lipinski definition) is 2. The number of piperidine rings is 1. The van der Waals surface area contributed by atoms with Crippen LogP contribution in [0.5, 0.6) is 0 Å². The molecule has 1 aliphatic rings. The molecule has 0 saturated carbocycles. The van der Waals surface area contributed by atoms with Gasteiger partial charge in [0.15, 0.2) is 0 Å². The van der Waals surface area contributed by atoms with Crippen molar-refractivity contribution in [1.82, 2.24) is 25.4 Å². The third-order valence-electron chi connectivity index (χ3n) is 3.14. The van der Waals surface area contributed by atoms with E-state index in [4.69, 9.17) is 0 Å². The average Bonchev–Trinajstić information content (AvgIpc) is 2.82. The van der Waals surface area contributed by atoms with Gasteiger partial charge in [0.25, 0.3) is 0 Å². The lowest BCUT2D eigenvalue weighted by atomic mass is 10.00. The third-order valence-corrected chi connectivity index (χ3v) is 3.14. The lowest BCUT2D eigenvalue weighted by Crippen LogP contribution is -2.52. The largest absolute Gasteiger partial charge is 0.352 e. The fourth-order valence-electron chi connectivity index (χ4n) is 2.08. The zero-order chi connectivity index (χ0) is 12.1. The van der Waals surface area contributed by atoms with Crippen LogP contribution in [-0.2, 0) is 11.3 Å². The zero-order valence-corrected chi connectivity index (χ0v) is 10.1. The average molecular weight is 237 g/mol. The van der Waals surface area contributed by atoms with Gasteiger partial charge in [0.2, 0.25) is 5.91 Å². The molecule has 0 spiro atoms. The summed E-state index contributed by atoms with van der Waals surface area (Å²) in [6, 6.07) is 0.617. The predicted molar refractivity (Wildman–Crippen MR) is 63.3 cm³/mol. The number of nitrogens with one attached hydrogen (secondary N) is 2. The maximum absolute atomic E-state index is 11.8. The summed E-state index contributed by atoms with van der Waals surface area (Å²) in [4.78, 5) is 15.6. The molecule has 1 aromatic heterocycles. The van der Waals surface area contributed by atoms with Gasteiger partial charge >= 0.3 is 0 Å². The number of nitrogens with zero attached hydrogens (tertiary/aromatic N) is 3. The molecule has 1 fully saturated rings. The Morgan fingerprint density at radius 1 is 1.65 bits per heavy atom. The molecule has 17 heavy (non-hydrogen) atoms. The summed E-state index contributed by atoms with van der Waals surface area (Å²) < 4.78 is 1.67. The van der Waals surface area contributed by atoms with E-state index in [1.54, 1.807) is 11.0 Å². The Labute approximate surface area is 101 Å². The van der Waals surface area contributed by atoms with Gasteiger partial charge in [0, 0.05) is 18.5 Å². The van der Waals surface area contributed by atoms with E-state index in [9.17, 15) is 4.79 Å². The van der Waals surface area contributed by atoms with E-state index in [0.717, 1.165) is 19.4 Å². The summed E-state index contributed by atoms with van der Waals surface area (Å²) in [5.41, 5.74) is 0. The molecule has 0 bridgehead atoms. The maximum Gasteiger partial charge on any atom is 0.222 e. The van der Waals surface area contributed by atoms with E-state index in [0.29, 0.717) is 19.0 Å². The van der Waals surface area contributed by atoms with Crippen molar-refractivity contribution in [2.24, 2.45) is 0 Å². The molecular weight excluding hydrogens is 218 g/mol. The van der Waals surface area contributed by atoms with E-state index in [-0.39, 0.29) is 11.9 Å². The number of carbonyl (C=O) groups is 1. The van der Waals surface area contributed by atoms with Crippen molar-refractivity contribution in [1.29, 1.82) is 0 Å². The van der Waals surface area contributed by atoms with Gasteiger partial charge < -0.3 is 10.6 Å². The van der Waals surface area contributed by atoms with Crippen molar-refractivity contribution >= 4 is 5.91 Å². The van der Waals surface area contributed by atoms with Gasteiger partial charge in [0.05, 0.1) is 6.54 Å². The van der Waals surface area contributed by atoms with Crippen LogP contribution in [0.3, 0.4) is 0 Å². The molecule has 1 amide bonds. The molecule has 2 N–H and O–H groups in total. The maximum atomic E-state index is 11.8. The first-order valence-corrected chi connectivity index (χ1v) is 6.11. The Hall–Kier alpha value is -1.43. The summed E-state index contributed by atoms with van der Waals surface area (Å²) in [6.45, 7) is 3.74. The topological polar surface area (TPSA) is 71.8 Å². The van der Waals surface area contributed by atoms with Crippen molar-refractivity contribution in [3.8, 4) is 0 Å². The monoisotopic (exact) mass is 237 g/mol. The summed E-state index contributed by atoms with van der Waals surface area (Å²) in [5, 5.41) is 10.4. The van der Waals surface area contributed by atoms with Gasteiger partial charge in [-0.1, -0.05) is 0 Å². The minimum absolute atomic E-state index is 0.0843. The highest BCUT2D eigenvalue weighted by molar-refractivity contribution is 5.76. The lowest BCUT2D eigenvalue weighted by molar-refractivity contribution is -0.122. The molecule has 1 aliphatic heterocycles. The van der Waals surface area contributed by atoms with Crippen LogP contribution < -0.4 is 10.6 Å². The molecule has 1 saturated heterocycles. The van der Waals surface area contributed by atoms with Crippen LogP contribution in [0.2, 0.25) is 0 Å².